The standard InChI is InChI=1S/C28H29N3O2/c1-4-15-30(16-5-2)31-23-14-10-8-12-20(23)28(33)25-18(6-3)26-21(17-24(25)31)27(32)19-11-7-9-13-22(19)29-26/h7-14,17H,4-6,15-16H2,1-3H3,(H,29,32). The zero-order chi connectivity index (χ0) is 23.1. The van der Waals surface area contributed by atoms with Crippen molar-refractivity contribution in [3.63, 3.8) is 0 Å². The van der Waals surface area contributed by atoms with Crippen molar-refractivity contribution in [1.82, 2.24) is 9.66 Å². The number of fused-ring (bicyclic) bond motifs is 4. The largest absolute Gasteiger partial charge is 0.354 e. The minimum Gasteiger partial charge on any atom is -0.354 e. The van der Waals surface area contributed by atoms with E-state index in [-0.39, 0.29) is 10.9 Å². The molecule has 1 N–H and O–H groups in total. The van der Waals surface area contributed by atoms with Gasteiger partial charge in [0.15, 0.2) is 10.9 Å². The Labute approximate surface area is 192 Å². The molecular weight excluding hydrogens is 410 g/mol. The van der Waals surface area contributed by atoms with Gasteiger partial charge in [0, 0.05) is 34.8 Å². The quantitative estimate of drug-likeness (QED) is 0.357. The van der Waals surface area contributed by atoms with E-state index in [2.05, 4.69) is 35.4 Å². The highest BCUT2D eigenvalue weighted by molar-refractivity contribution is 6.06. The van der Waals surface area contributed by atoms with Gasteiger partial charge < -0.3 is 9.99 Å². The Hall–Kier alpha value is -3.60. The Bertz CT molecular complexity index is 1620. The van der Waals surface area contributed by atoms with E-state index in [1.54, 1.807) is 0 Å². The lowest BCUT2D eigenvalue weighted by Crippen LogP contribution is -2.37. The van der Waals surface area contributed by atoms with E-state index in [0.29, 0.717) is 28.0 Å². The van der Waals surface area contributed by atoms with Crippen molar-refractivity contribution in [2.75, 3.05) is 18.1 Å². The molecule has 0 fully saturated rings. The van der Waals surface area contributed by atoms with Crippen molar-refractivity contribution in [1.29, 1.82) is 0 Å². The van der Waals surface area contributed by atoms with Gasteiger partial charge in [-0.25, -0.2) is 0 Å². The molecule has 0 atom stereocenters. The van der Waals surface area contributed by atoms with E-state index < -0.39 is 0 Å². The molecule has 0 aliphatic carbocycles. The fourth-order valence-corrected chi connectivity index (χ4v) is 5.14. The van der Waals surface area contributed by atoms with Gasteiger partial charge in [0.25, 0.3) is 0 Å². The van der Waals surface area contributed by atoms with Gasteiger partial charge in [-0.1, -0.05) is 45.0 Å². The fourth-order valence-electron chi connectivity index (χ4n) is 5.14. The van der Waals surface area contributed by atoms with Gasteiger partial charge in [-0.05, 0) is 55.2 Å². The number of nitrogens with one attached hydrogen (secondary N) is 1. The maximum Gasteiger partial charge on any atom is 0.197 e. The van der Waals surface area contributed by atoms with Gasteiger partial charge in [-0.3, -0.25) is 14.3 Å². The molecule has 5 heteroatoms. The van der Waals surface area contributed by atoms with Gasteiger partial charge >= 0.3 is 0 Å². The van der Waals surface area contributed by atoms with E-state index in [9.17, 15) is 9.59 Å². The number of pyridine rings is 2. The maximum atomic E-state index is 13.8. The molecule has 0 unspecified atom stereocenters. The second-order valence-electron chi connectivity index (χ2n) is 8.64. The Morgan fingerprint density at radius 2 is 1.45 bits per heavy atom. The van der Waals surface area contributed by atoms with Gasteiger partial charge in [0.2, 0.25) is 0 Å². The highest BCUT2D eigenvalue weighted by Gasteiger charge is 2.20. The number of rotatable bonds is 6. The molecule has 0 aliphatic heterocycles. The minimum absolute atomic E-state index is 0.000593. The second kappa shape index (κ2) is 8.39. The molecule has 33 heavy (non-hydrogen) atoms. The van der Waals surface area contributed by atoms with Crippen molar-refractivity contribution >= 4 is 43.6 Å². The first kappa shape index (κ1) is 21.3. The number of aromatic amines is 1. The van der Waals surface area contributed by atoms with Crippen LogP contribution in [0.25, 0.3) is 43.6 Å². The maximum absolute atomic E-state index is 13.8. The van der Waals surface area contributed by atoms with Crippen molar-refractivity contribution in [2.24, 2.45) is 0 Å². The number of hydrogen-bond acceptors (Lipinski definition) is 3. The molecule has 0 radical (unpaired) electrons. The highest BCUT2D eigenvalue weighted by Crippen LogP contribution is 2.29. The van der Waals surface area contributed by atoms with Crippen molar-refractivity contribution in [2.45, 2.75) is 40.0 Å². The molecule has 5 rings (SSSR count). The van der Waals surface area contributed by atoms with Crippen LogP contribution in [0.15, 0.2) is 64.2 Å². The molecule has 168 valence electrons. The predicted octanol–water partition coefficient (Wildman–Crippen LogP) is 5.47. The van der Waals surface area contributed by atoms with Crippen molar-refractivity contribution in [3.8, 4) is 0 Å². The summed E-state index contributed by atoms with van der Waals surface area (Å²) in [5.41, 5.74) is 4.19. The van der Waals surface area contributed by atoms with Gasteiger partial charge in [-0.15, -0.1) is 0 Å². The third-order valence-electron chi connectivity index (χ3n) is 6.52. The van der Waals surface area contributed by atoms with E-state index in [0.717, 1.165) is 53.6 Å². The number of para-hydroxylation sites is 2. The van der Waals surface area contributed by atoms with Crippen LogP contribution in [0.2, 0.25) is 0 Å². The molecular formula is C28H29N3O2. The Balaban J connectivity index is 2.07. The van der Waals surface area contributed by atoms with Crippen LogP contribution < -0.4 is 15.9 Å². The Morgan fingerprint density at radius 3 is 2.15 bits per heavy atom. The first-order chi connectivity index (χ1) is 16.1. The van der Waals surface area contributed by atoms with E-state index in [1.807, 2.05) is 54.6 Å². The highest BCUT2D eigenvalue weighted by atomic mass is 16.1. The summed E-state index contributed by atoms with van der Waals surface area (Å²) in [6.45, 7) is 8.11. The summed E-state index contributed by atoms with van der Waals surface area (Å²) >= 11 is 0. The lowest BCUT2D eigenvalue weighted by atomic mass is 9.98. The van der Waals surface area contributed by atoms with Crippen molar-refractivity contribution in [3.05, 3.63) is 80.6 Å². The molecule has 0 amide bonds. The Morgan fingerprint density at radius 1 is 0.788 bits per heavy atom. The molecule has 5 nitrogen and oxygen atoms in total. The number of aromatic nitrogens is 2. The zero-order valence-electron chi connectivity index (χ0n) is 19.4. The fraction of sp³-hybridized carbons (Fsp3) is 0.286. The zero-order valence-corrected chi connectivity index (χ0v) is 19.4. The van der Waals surface area contributed by atoms with Crippen LogP contribution >= 0.6 is 0 Å². The number of H-pyrrole nitrogens is 1. The normalized spacial score (nSPS) is 11.7. The van der Waals surface area contributed by atoms with Crippen molar-refractivity contribution < 1.29 is 0 Å². The second-order valence-corrected chi connectivity index (χ2v) is 8.64. The summed E-state index contributed by atoms with van der Waals surface area (Å²) in [5.74, 6) is 0. The molecule has 0 spiro atoms. The summed E-state index contributed by atoms with van der Waals surface area (Å²) in [4.78, 5) is 30.9. The summed E-state index contributed by atoms with van der Waals surface area (Å²) in [5, 5.41) is 5.02. The van der Waals surface area contributed by atoms with Crippen LogP contribution in [0.4, 0.5) is 0 Å². The van der Waals surface area contributed by atoms with E-state index in [4.69, 9.17) is 0 Å². The molecule has 2 heterocycles. The number of benzene rings is 3. The predicted molar refractivity (Wildman–Crippen MR) is 139 cm³/mol. The molecule has 0 bridgehead atoms. The third kappa shape index (κ3) is 3.22. The lowest BCUT2D eigenvalue weighted by molar-refractivity contribution is 0.595. The van der Waals surface area contributed by atoms with Gasteiger partial charge in [0.05, 0.1) is 21.9 Å². The topological polar surface area (TPSA) is 58.1 Å². The van der Waals surface area contributed by atoms with Gasteiger partial charge in [0.1, 0.15) is 0 Å². The monoisotopic (exact) mass is 439 g/mol. The number of aryl methyl sites for hydroxylation is 1. The third-order valence-corrected chi connectivity index (χ3v) is 6.52. The lowest BCUT2D eigenvalue weighted by Gasteiger charge is -2.30. The van der Waals surface area contributed by atoms with E-state index in [1.165, 1.54) is 0 Å². The first-order valence-corrected chi connectivity index (χ1v) is 11.9. The minimum atomic E-state index is 0.000593. The molecule has 2 aromatic heterocycles. The van der Waals surface area contributed by atoms with E-state index >= 15 is 0 Å². The number of nitrogens with zero attached hydrogens (tertiary/aromatic N) is 2. The SMILES string of the molecule is CCCN(CCC)n1c2ccccc2c(=O)c2c(CC)c3[nH]c4ccccc4c(=O)c3cc21. The average molecular weight is 440 g/mol. The molecule has 5 aromatic rings. The summed E-state index contributed by atoms with van der Waals surface area (Å²) < 4.78 is 2.19. The molecule has 0 aliphatic rings. The average Bonchev–Trinajstić information content (AvgIpc) is 2.84. The van der Waals surface area contributed by atoms with Crippen LogP contribution in [0.1, 0.15) is 39.2 Å². The Kier molecular flexibility index (Phi) is 5.41. The number of hydrogen-bond donors (Lipinski definition) is 1. The molecule has 3 aromatic carbocycles. The summed E-state index contributed by atoms with van der Waals surface area (Å²) in [6.07, 6.45) is 2.63. The summed E-state index contributed by atoms with van der Waals surface area (Å²) in [7, 11) is 0. The smallest absolute Gasteiger partial charge is 0.197 e. The molecule has 0 saturated carbocycles. The van der Waals surface area contributed by atoms with Crippen LogP contribution in [-0.2, 0) is 6.42 Å². The van der Waals surface area contributed by atoms with Crippen LogP contribution in [0, 0.1) is 0 Å². The van der Waals surface area contributed by atoms with Crippen LogP contribution in [0.3, 0.4) is 0 Å². The van der Waals surface area contributed by atoms with Crippen LogP contribution in [0.5, 0.6) is 0 Å². The first-order valence-electron chi connectivity index (χ1n) is 11.9. The van der Waals surface area contributed by atoms with Crippen LogP contribution in [-0.4, -0.2) is 22.7 Å². The molecule has 0 saturated heterocycles. The summed E-state index contributed by atoms with van der Waals surface area (Å²) in [6, 6.07) is 17.3. The van der Waals surface area contributed by atoms with Gasteiger partial charge in [-0.2, -0.15) is 0 Å².